The smallest absolute Gasteiger partial charge is 0.175 e. The first-order valence-corrected chi connectivity index (χ1v) is 7.67. The normalized spacial score (nSPS) is 12.2. The second kappa shape index (κ2) is 5.41. The van der Waals surface area contributed by atoms with E-state index in [4.69, 9.17) is 11.6 Å². The van der Waals surface area contributed by atoms with Crippen molar-refractivity contribution in [2.45, 2.75) is 32.7 Å². The molecule has 0 radical (unpaired) electrons. The van der Waals surface area contributed by atoms with Gasteiger partial charge in [-0.15, -0.1) is 9.73 Å². The van der Waals surface area contributed by atoms with E-state index < -0.39 is 0 Å². The fraction of sp³-hybridized carbons (Fsp3) is 0.375. The molecule has 0 spiro atoms. The average Bonchev–Trinajstić information content (AvgIpc) is 3.00. The van der Waals surface area contributed by atoms with Gasteiger partial charge in [0, 0.05) is 17.5 Å². The molecule has 0 amide bonds. The maximum Gasteiger partial charge on any atom is 0.175 e. The van der Waals surface area contributed by atoms with E-state index >= 15 is 0 Å². The topological polar surface area (TPSA) is 58.0 Å². The molecule has 3 aromatic rings. The number of hydrogen-bond donors (Lipinski definition) is 2. The Balaban J connectivity index is 1.99. The standard InChI is InChI=1S/C16H20ClN5/c1-16(2,3)13-12(17)15-19-14(21-22(15)20-13)11-7-5-10(6-8-11)9-18-4/h5-8,18H,9H2,1-4H3,(H,19,21). The van der Waals surface area contributed by atoms with E-state index in [9.17, 15) is 0 Å². The molecule has 0 atom stereocenters. The van der Waals surface area contributed by atoms with Gasteiger partial charge in [-0.1, -0.05) is 56.6 Å². The summed E-state index contributed by atoms with van der Waals surface area (Å²) in [7, 11) is 1.93. The molecule has 0 saturated carbocycles. The molecule has 0 unspecified atom stereocenters. The van der Waals surface area contributed by atoms with E-state index in [-0.39, 0.29) is 5.41 Å². The number of fused-ring (bicyclic) bond motifs is 1. The van der Waals surface area contributed by atoms with Crippen LogP contribution in [0.15, 0.2) is 24.3 Å². The predicted molar refractivity (Wildman–Crippen MR) is 89.2 cm³/mol. The maximum absolute atomic E-state index is 6.45. The van der Waals surface area contributed by atoms with Crippen molar-refractivity contribution in [1.82, 2.24) is 25.1 Å². The number of H-pyrrole nitrogens is 1. The molecule has 2 N–H and O–H groups in total. The van der Waals surface area contributed by atoms with E-state index in [1.165, 1.54) is 5.56 Å². The minimum absolute atomic E-state index is 0.111. The molecular formula is C16H20ClN5. The Morgan fingerprint density at radius 3 is 2.41 bits per heavy atom. The molecule has 116 valence electrons. The highest BCUT2D eigenvalue weighted by Crippen LogP contribution is 2.31. The van der Waals surface area contributed by atoms with Gasteiger partial charge in [0.2, 0.25) is 0 Å². The zero-order valence-electron chi connectivity index (χ0n) is 13.2. The molecule has 0 bridgehead atoms. The van der Waals surface area contributed by atoms with Crippen molar-refractivity contribution in [2.75, 3.05) is 7.05 Å². The van der Waals surface area contributed by atoms with Crippen LogP contribution in [-0.2, 0) is 12.0 Å². The van der Waals surface area contributed by atoms with Gasteiger partial charge < -0.3 is 10.3 Å². The summed E-state index contributed by atoms with van der Waals surface area (Å²) in [5, 5.41) is 12.8. The Morgan fingerprint density at radius 2 is 1.86 bits per heavy atom. The summed E-state index contributed by atoms with van der Waals surface area (Å²) >= 11 is 6.45. The lowest BCUT2D eigenvalue weighted by Crippen LogP contribution is -2.12. The lowest BCUT2D eigenvalue weighted by molar-refractivity contribution is 0.557. The number of nitrogens with zero attached hydrogens (tertiary/aromatic N) is 3. The minimum atomic E-state index is -0.111. The Hall–Kier alpha value is -1.85. The van der Waals surface area contributed by atoms with Crippen LogP contribution < -0.4 is 5.32 Å². The second-order valence-electron chi connectivity index (χ2n) is 6.45. The molecule has 0 aliphatic carbocycles. The van der Waals surface area contributed by atoms with E-state index in [0.29, 0.717) is 5.02 Å². The van der Waals surface area contributed by atoms with Crippen molar-refractivity contribution in [1.29, 1.82) is 0 Å². The predicted octanol–water partition coefficient (Wildman–Crippen LogP) is 3.39. The van der Waals surface area contributed by atoms with Crippen LogP contribution >= 0.6 is 11.6 Å². The molecule has 0 saturated heterocycles. The molecule has 6 heteroatoms. The van der Waals surface area contributed by atoms with Crippen LogP contribution in [0.1, 0.15) is 32.0 Å². The number of nitrogens with one attached hydrogen (secondary N) is 2. The number of benzene rings is 1. The van der Waals surface area contributed by atoms with Crippen LogP contribution in [0.2, 0.25) is 5.02 Å². The van der Waals surface area contributed by atoms with Crippen molar-refractivity contribution in [3.05, 3.63) is 40.5 Å². The first-order chi connectivity index (χ1) is 10.4. The quantitative estimate of drug-likeness (QED) is 0.778. The van der Waals surface area contributed by atoms with Crippen molar-refractivity contribution in [3.63, 3.8) is 0 Å². The molecule has 1 aromatic carbocycles. The highest BCUT2D eigenvalue weighted by molar-refractivity contribution is 6.34. The highest BCUT2D eigenvalue weighted by Gasteiger charge is 2.25. The third-order valence-electron chi connectivity index (χ3n) is 3.56. The summed E-state index contributed by atoms with van der Waals surface area (Å²) in [6, 6.07) is 8.26. The summed E-state index contributed by atoms with van der Waals surface area (Å²) in [6.45, 7) is 7.11. The van der Waals surface area contributed by atoms with Crippen LogP contribution in [-0.4, -0.2) is 26.9 Å². The molecule has 5 nitrogen and oxygen atoms in total. The van der Waals surface area contributed by atoms with Crippen LogP contribution in [0.5, 0.6) is 0 Å². The lowest BCUT2D eigenvalue weighted by atomic mass is 9.92. The monoisotopic (exact) mass is 317 g/mol. The molecule has 3 rings (SSSR count). The summed E-state index contributed by atoms with van der Waals surface area (Å²) in [4.78, 5) is 3.27. The number of aromatic nitrogens is 4. The summed E-state index contributed by atoms with van der Waals surface area (Å²) < 4.78 is 1.58. The van der Waals surface area contributed by atoms with Crippen LogP contribution in [0.3, 0.4) is 0 Å². The van der Waals surface area contributed by atoms with Gasteiger partial charge in [0.15, 0.2) is 11.5 Å². The van der Waals surface area contributed by atoms with Crippen LogP contribution in [0, 0.1) is 0 Å². The Labute approximate surface area is 134 Å². The van der Waals surface area contributed by atoms with Crippen molar-refractivity contribution < 1.29 is 0 Å². The summed E-state index contributed by atoms with van der Waals surface area (Å²) in [5.74, 6) is 0.765. The molecular weight excluding hydrogens is 298 g/mol. The van der Waals surface area contributed by atoms with Crippen molar-refractivity contribution >= 4 is 17.2 Å². The zero-order valence-corrected chi connectivity index (χ0v) is 14.0. The largest absolute Gasteiger partial charge is 0.320 e. The van der Waals surface area contributed by atoms with E-state index in [2.05, 4.69) is 53.4 Å². The Bertz CT molecular complexity index is 792. The van der Waals surface area contributed by atoms with Gasteiger partial charge in [0.1, 0.15) is 5.02 Å². The number of hydrogen-bond acceptors (Lipinski definition) is 3. The molecule has 2 aromatic heterocycles. The Kier molecular flexibility index (Phi) is 3.70. The van der Waals surface area contributed by atoms with E-state index in [1.54, 1.807) is 4.63 Å². The van der Waals surface area contributed by atoms with Gasteiger partial charge in [0.25, 0.3) is 0 Å². The lowest BCUT2D eigenvalue weighted by Gasteiger charge is -2.14. The average molecular weight is 318 g/mol. The highest BCUT2D eigenvalue weighted by atomic mass is 35.5. The second-order valence-corrected chi connectivity index (χ2v) is 6.83. The number of rotatable bonds is 3. The molecule has 22 heavy (non-hydrogen) atoms. The fourth-order valence-electron chi connectivity index (χ4n) is 2.39. The third-order valence-corrected chi connectivity index (χ3v) is 3.92. The van der Waals surface area contributed by atoms with Gasteiger partial charge in [-0.05, 0) is 12.6 Å². The summed E-state index contributed by atoms with van der Waals surface area (Å²) in [5.41, 5.74) is 3.72. The minimum Gasteiger partial charge on any atom is -0.320 e. The van der Waals surface area contributed by atoms with Gasteiger partial charge in [-0.3, -0.25) is 0 Å². The van der Waals surface area contributed by atoms with E-state index in [1.807, 2.05) is 19.2 Å². The van der Waals surface area contributed by atoms with Crippen LogP contribution in [0.25, 0.3) is 17.0 Å². The van der Waals surface area contributed by atoms with Crippen LogP contribution in [0.4, 0.5) is 0 Å². The fourth-order valence-corrected chi connectivity index (χ4v) is 2.84. The van der Waals surface area contributed by atoms with Gasteiger partial charge >= 0.3 is 0 Å². The number of aromatic amines is 1. The molecule has 0 aliphatic heterocycles. The maximum atomic E-state index is 6.45. The molecule has 2 heterocycles. The van der Waals surface area contributed by atoms with Crippen molar-refractivity contribution in [2.24, 2.45) is 0 Å². The van der Waals surface area contributed by atoms with Crippen molar-refractivity contribution in [3.8, 4) is 11.4 Å². The molecule has 0 fully saturated rings. The number of halogens is 1. The SMILES string of the molecule is CNCc1ccc(-c2nn3nc(C(C)(C)C)c(Cl)c3[nH]2)cc1. The van der Waals surface area contributed by atoms with Gasteiger partial charge in [-0.25, -0.2) is 0 Å². The first kappa shape index (κ1) is 15.1. The zero-order chi connectivity index (χ0) is 15.9. The van der Waals surface area contributed by atoms with E-state index in [0.717, 1.165) is 29.3 Å². The Morgan fingerprint density at radius 1 is 1.18 bits per heavy atom. The summed E-state index contributed by atoms with van der Waals surface area (Å²) in [6.07, 6.45) is 0. The van der Waals surface area contributed by atoms with Gasteiger partial charge in [-0.2, -0.15) is 5.10 Å². The molecule has 0 aliphatic rings. The first-order valence-electron chi connectivity index (χ1n) is 7.29. The van der Waals surface area contributed by atoms with Gasteiger partial charge in [0.05, 0.1) is 5.69 Å². The third kappa shape index (κ3) is 2.62.